The molecule has 0 spiro atoms. The summed E-state index contributed by atoms with van der Waals surface area (Å²) >= 11 is 0. The van der Waals surface area contributed by atoms with Gasteiger partial charge in [-0.25, -0.2) is 0 Å². The highest BCUT2D eigenvalue weighted by molar-refractivity contribution is 5.79. The van der Waals surface area contributed by atoms with E-state index >= 15 is 0 Å². The van der Waals surface area contributed by atoms with E-state index in [1.165, 1.54) is 17.0 Å². The van der Waals surface area contributed by atoms with Gasteiger partial charge < -0.3 is 10.2 Å². The quantitative estimate of drug-likeness (QED) is 0.782. The third-order valence-electron chi connectivity index (χ3n) is 5.12. The third kappa shape index (κ3) is 4.55. The molecule has 1 atom stereocenters. The molecule has 1 aliphatic rings. The zero-order chi connectivity index (χ0) is 20.3. The molecule has 5 nitrogen and oxygen atoms in total. The van der Waals surface area contributed by atoms with Gasteiger partial charge in [-0.3, -0.25) is 9.48 Å². The first-order valence-electron chi connectivity index (χ1n) is 9.47. The summed E-state index contributed by atoms with van der Waals surface area (Å²) in [6.45, 7) is 5.92. The minimum Gasteiger partial charge on any atom is -0.337 e. The van der Waals surface area contributed by atoms with Crippen molar-refractivity contribution in [3.05, 3.63) is 52.8 Å². The van der Waals surface area contributed by atoms with Crippen LogP contribution in [-0.2, 0) is 30.6 Å². The van der Waals surface area contributed by atoms with Gasteiger partial charge in [0.2, 0.25) is 5.91 Å². The van der Waals surface area contributed by atoms with Crippen LogP contribution in [0.3, 0.4) is 0 Å². The first kappa shape index (κ1) is 20.4. The van der Waals surface area contributed by atoms with Gasteiger partial charge >= 0.3 is 6.18 Å². The number of hydrogen-bond donors (Lipinski definition) is 1. The number of aryl methyl sites for hydroxylation is 1. The number of nitrogens with one attached hydrogen (secondary N) is 1. The van der Waals surface area contributed by atoms with E-state index in [-0.39, 0.29) is 30.5 Å². The van der Waals surface area contributed by atoms with E-state index in [1.807, 2.05) is 17.8 Å². The van der Waals surface area contributed by atoms with Gasteiger partial charge in [-0.05, 0) is 25.0 Å². The standard InChI is InChI=1S/C20H25F3N4O/c1-3-8-27-14(2)16(11-25-27)10-24-17-9-19(28)26(13-17)12-15-6-4-5-7-18(15)20(21,22)23/h4-7,11,17,24H,3,8-10,12-13H2,1-2H3. The number of hydrogen-bond acceptors (Lipinski definition) is 3. The Morgan fingerprint density at radius 1 is 1.25 bits per heavy atom. The highest BCUT2D eigenvalue weighted by Crippen LogP contribution is 2.32. The Balaban J connectivity index is 1.60. The Morgan fingerprint density at radius 2 is 2.00 bits per heavy atom. The lowest BCUT2D eigenvalue weighted by atomic mass is 10.1. The highest BCUT2D eigenvalue weighted by atomic mass is 19.4. The molecule has 1 amide bonds. The van der Waals surface area contributed by atoms with Gasteiger partial charge in [-0.15, -0.1) is 0 Å². The number of carbonyl (C=O) groups excluding carboxylic acids is 1. The van der Waals surface area contributed by atoms with Crippen molar-refractivity contribution in [1.29, 1.82) is 0 Å². The van der Waals surface area contributed by atoms with E-state index in [0.717, 1.165) is 30.3 Å². The molecule has 0 radical (unpaired) electrons. The molecule has 1 saturated heterocycles. The second kappa shape index (κ2) is 8.34. The lowest BCUT2D eigenvalue weighted by Crippen LogP contribution is -2.32. The van der Waals surface area contributed by atoms with E-state index in [1.54, 1.807) is 6.07 Å². The molecule has 2 aromatic rings. The first-order chi connectivity index (χ1) is 13.3. The Bertz CT molecular complexity index is 831. The number of rotatable bonds is 7. The minimum atomic E-state index is -4.42. The number of likely N-dealkylation sites (tertiary alicyclic amines) is 1. The minimum absolute atomic E-state index is 0.0276. The van der Waals surface area contributed by atoms with Crippen LogP contribution in [0.25, 0.3) is 0 Å². The molecule has 1 aromatic heterocycles. The maximum Gasteiger partial charge on any atom is 0.416 e. The van der Waals surface area contributed by atoms with E-state index in [2.05, 4.69) is 17.3 Å². The van der Waals surface area contributed by atoms with Crippen LogP contribution in [0.5, 0.6) is 0 Å². The van der Waals surface area contributed by atoms with Crippen molar-refractivity contribution < 1.29 is 18.0 Å². The fourth-order valence-corrected chi connectivity index (χ4v) is 3.55. The molecule has 28 heavy (non-hydrogen) atoms. The Labute approximate surface area is 162 Å². The van der Waals surface area contributed by atoms with E-state index < -0.39 is 11.7 Å². The lowest BCUT2D eigenvalue weighted by Gasteiger charge is -2.20. The predicted molar refractivity (Wildman–Crippen MR) is 99.4 cm³/mol. The second-order valence-corrected chi connectivity index (χ2v) is 7.19. The molecule has 8 heteroatoms. The first-order valence-corrected chi connectivity index (χ1v) is 9.47. The van der Waals surface area contributed by atoms with Crippen LogP contribution in [0.1, 0.15) is 42.1 Å². The average molecular weight is 394 g/mol. The van der Waals surface area contributed by atoms with Gasteiger partial charge in [0.15, 0.2) is 0 Å². The SMILES string of the molecule is CCCn1ncc(CNC2CC(=O)N(Cc3ccccc3C(F)(F)F)C2)c1C. The number of nitrogens with zero attached hydrogens (tertiary/aromatic N) is 3. The molecule has 1 fully saturated rings. The van der Waals surface area contributed by atoms with E-state index in [9.17, 15) is 18.0 Å². The summed E-state index contributed by atoms with van der Waals surface area (Å²) in [6.07, 6.45) is -1.31. The summed E-state index contributed by atoms with van der Waals surface area (Å²) in [5.41, 5.74) is 1.61. The van der Waals surface area contributed by atoms with Crippen molar-refractivity contribution in [1.82, 2.24) is 20.0 Å². The van der Waals surface area contributed by atoms with Crippen LogP contribution in [0, 0.1) is 6.92 Å². The number of amides is 1. The van der Waals surface area contributed by atoms with Gasteiger partial charge in [0.05, 0.1) is 11.8 Å². The van der Waals surface area contributed by atoms with Crippen molar-refractivity contribution in [2.45, 2.75) is 58.5 Å². The molecule has 1 N–H and O–H groups in total. The van der Waals surface area contributed by atoms with E-state index in [4.69, 9.17) is 0 Å². The molecular weight excluding hydrogens is 369 g/mol. The average Bonchev–Trinajstić information content (AvgIpc) is 3.16. The normalized spacial score (nSPS) is 17.5. The maximum absolute atomic E-state index is 13.2. The molecule has 0 aliphatic carbocycles. The molecule has 0 saturated carbocycles. The molecule has 152 valence electrons. The van der Waals surface area contributed by atoms with Crippen molar-refractivity contribution in [2.75, 3.05) is 6.54 Å². The number of benzene rings is 1. The molecule has 0 bridgehead atoms. The molecular formula is C20H25F3N4O. The predicted octanol–water partition coefficient (Wildman–Crippen LogP) is 3.51. The Morgan fingerprint density at radius 3 is 2.71 bits per heavy atom. The van der Waals surface area contributed by atoms with Crippen LogP contribution in [0.4, 0.5) is 13.2 Å². The van der Waals surface area contributed by atoms with Crippen molar-refractivity contribution in [3.8, 4) is 0 Å². The monoisotopic (exact) mass is 394 g/mol. The number of halogens is 3. The van der Waals surface area contributed by atoms with Crippen molar-refractivity contribution in [3.63, 3.8) is 0 Å². The van der Waals surface area contributed by atoms with Gasteiger partial charge in [0.25, 0.3) is 0 Å². The van der Waals surface area contributed by atoms with Gasteiger partial charge in [-0.2, -0.15) is 18.3 Å². The van der Waals surface area contributed by atoms with Crippen LogP contribution >= 0.6 is 0 Å². The summed E-state index contributed by atoms with van der Waals surface area (Å²) in [5.74, 6) is -0.132. The maximum atomic E-state index is 13.2. The van der Waals surface area contributed by atoms with Gasteiger partial charge in [-0.1, -0.05) is 25.1 Å². The van der Waals surface area contributed by atoms with Crippen LogP contribution in [-0.4, -0.2) is 33.2 Å². The zero-order valence-corrected chi connectivity index (χ0v) is 16.1. The second-order valence-electron chi connectivity index (χ2n) is 7.19. The highest BCUT2D eigenvalue weighted by Gasteiger charge is 2.35. The number of alkyl halides is 3. The topological polar surface area (TPSA) is 50.2 Å². The lowest BCUT2D eigenvalue weighted by molar-refractivity contribution is -0.139. The van der Waals surface area contributed by atoms with Crippen molar-refractivity contribution >= 4 is 5.91 Å². The van der Waals surface area contributed by atoms with Gasteiger partial charge in [0.1, 0.15) is 0 Å². The fourth-order valence-electron chi connectivity index (χ4n) is 3.55. The molecule has 1 aromatic carbocycles. The third-order valence-corrected chi connectivity index (χ3v) is 5.12. The van der Waals surface area contributed by atoms with Gasteiger partial charge in [0, 0.05) is 49.9 Å². The smallest absolute Gasteiger partial charge is 0.337 e. The molecule has 1 aliphatic heterocycles. The summed E-state index contributed by atoms with van der Waals surface area (Å²) in [5, 5.41) is 7.71. The zero-order valence-electron chi connectivity index (χ0n) is 16.1. The largest absolute Gasteiger partial charge is 0.416 e. The summed E-state index contributed by atoms with van der Waals surface area (Å²) in [6, 6.07) is 5.34. The van der Waals surface area contributed by atoms with Crippen molar-refractivity contribution in [2.24, 2.45) is 0 Å². The number of aromatic nitrogens is 2. The summed E-state index contributed by atoms with van der Waals surface area (Å²) < 4.78 is 41.5. The van der Waals surface area contributed by atoms with E-state index in [0.29, 0.717) is 13.1 Å². The number of carbonyl (C=O) groups is 1. The fraction of sp³-hybridized carbons (Fsp3) is 0.500. The molecule has 2 heterocycles. The summed E-state index contributed by atoms with van der Waals surface area (Å²) in [7, 11) is 0. The molecule has 3 rings (SSSR count). The van der Waals surface area contributed by atoms with Crippen LogP contribution in [0.2, 0.25) is 0 Å². The summed E-state index contributed by atoms with van der Waals surface area (Å²) in [4.78, 5) is 13.8. The van der Waals surface area contributed by atoms with Crippen LogP contribution in [0.15, 0.2) is 30.5 Å². The van der Waals surface area contributed by atoms with Crippen LogP contribution < -0.4 is 5.32 Å². The molecule has 1 unspecified atom stereocenters. The Hall–Kier alpha value is -2.35. The Kier molecular flexibility index (Phi) is 6.07.